The molecule has 1 aliphatic heterocycles. The maximum Gasteiger partial charge on any atom is 0.304 e. The lowest BCUT2D eigenvalue weighted by atomic mass is 9.99. The molecular formula is C15H21NO4S. The molecule has 0 amide bonds. The maximum atomic E-state index is 11.8. The quantitative estimate of drug-likeness (QED) is 0.915. The molecule has 1 aromatic rings. The van der Waals surface area contributed by atoms with Crippen molar-refractivity contribution in [3.8, 4) is 0 Å². The third-order valence-electron chi connectivity index (χ3n) is 4.12. The number of nitrogens with zero attached hydrogens (tertiary/aromatic N) is 1. The second kappa shape index (κ2) is 6.15. The summed E-state index contributed by atoms with van der Waals surface area (Å²) in [5.41, 5.74) is 2.25. The molecule has 5 nitrogen and oxygen atoms in total. The highest BCUT2D eigenvalue weighted by Gasteiger charge is 2.35. The van der Waals surface area contributed by atoms with Crippen LogP contribution in [0.3, 0.4) is 0 Å². The number of benzene rings is 1. The van der Waals surface area contributed by atoms with Gasteiger partial charge in [0.25, 0.3) is 0 Å². The third-order valence-corrected chi connectivity index (χ3v) is 5.82. The lowest BCUT2D eigenvalue weighted by Gasteiger charge is -2.39. The summed E-state index contributed by atoms with van der Waals surface area (Å²) in [5.74, 6) is -0.937. The zero-order valence-electron chi connectivity index (χ0n) is 12.3. The van der Waals surface area contributed by atoms with Crippen LogP contribution in [0.4, 0.5) is 0 Å². The second-order valence-corrected chi connectivity index (χ2v) is 7.87. The van der Waals surface area contributed by atoms with Crippen LogP contribution in [0.25, 0.3) is 0 Å². The maximum absolute atomic E-state index is 11.8. The Morgan fingerprint density at radius 1 is 1.43 bits per heavy atom. The summed E-state index contributed by atoms with van der Waals surface area (Å²) in [6.07, 6.45) is -0.143. The van der Waals surface area contributed by atoms with Crippen molar-refractivity contribution in [2.45, 2.75) is 32.4 Å². The molecule has 1 aromatic carbocycles. The van der Waals surface area contributed by atoms with Crippen molar-refractivity contribution in [2.75, 3.05) is 18.1 Å². The Morgan fingerprint density at radius 2 is 2.10 bits per heavy atom. The van der Waals surface area contributed by atoms with E-state index in [1.807, 2.05) is 43.0 Å². The predicted octanol–water partition coefficient (Wildman–Crippen LogP) is 1.63. The van der Waals surface area contributed by atoms with Crippen LogP contribution < -0.4 is 0 Å². The lowest BCUT2D eigenvalue weighted by Crippen LogP contribution is -2.50. The number of sulfone groups is 1. The van der Waals surface area contributed by atoms with Crippen LogP contribution in [0.1, 0.15) is 30.5 Å². The van der Waals surface area contributed by atoms with Gasteiger partial charge in [-0.2, -0.15) is 0 Å². The molecule has 0 radical (unpaired) electrons. The first-order valence-electron chi connectivity index (χ1n) is 7.03. The van der Waals surface area contributed by atoms with E-state index >= 15 is 0 Å². The Hall–Kier alpha value is -1.40. The molecule has 2 unspecified atom stereocenters. The van der Waals surface area contributed by atoms with Crippen LogP contribution in [-0.2, 0) is 14.6 Å². The van der Waals surface area contributed by atoms with Gasteiger partial charge in [-0.15, -0.1) is 0 Å². The topological polar surface area (TPSA) is 74.7 Å². The highest BCUT2D eigenvalue weighted by Crippen LogP contribution is 2.29. The van der Waals surface area contributed by atoms with Gasteiger partial charge in [0.2, 0.25) is 0 Å². The number of carboxylic acid groups (broad SMARTS) is 1. The molecule has 1 aliphatic rings. The molecule has 6 heteroatoms. The summed E-state index contributed by atoms with van der Waals surface area (Å²) in [6.45, 7) is 4.41. The Labute approximate surface area is 125 Å². The highest BCUT2D eigenvalue weighted by atomic mass is 32.2. The molecule has 0 bridgehead atoms. The number of aryl methyl sites for hydroxylation is 1. The average Bonchev–Trinajstić information content (AvgIpc) is 2.37. The van der Waals surface area contributed by atoms with Crippen molar-refractivity contribution in [3.05, 3.63) is 35.4 Å². The molecule has 1 saturated heterocycles. The molecule has 1 fully saturated rings. The molecule has 0 aromatic heterocycles. The number of carboxylic acids is 1. The normalized spacial score (nSPS) is 23.6. The van der Waals surface area contributed by atoms with Gasteiger partial charge >= 0.3 is 5.97 Å². The van der Waals surface area contributed by atoms with Crippen molar-refractivity contribution in [3.63, 3.8) is 0 Å². The second-order valence-electron chi connectivity index (χ2n) is 5.64. The fraction of sp³-hybridized carbons (Fsp3) is 0.533. The molecule has 0 aliphatic carbocycles. The van der Waals surface area contributed by atoms with E-state index in [-0.39, 0.29) is 24.0 Å². The monoisotopic (exact) mass is 311 g/mol. The first-order valence-corrected chi connectivity index (χ1v) is 8.86. The highest BCUT2D eigenvalue weighted by molar-refractivity contribution is 7.91. The first kappa shape index (κ1) is 16.0. The van der Waals surface area contributed by atoms with Gasteiger partial charge in [0, 0.05) is 18.6 Å². The zero-order valence-corrected chi connectivity index (χ0v) is 13.1. The minimum absolute atomic E-state index is 0.00560. The number of rotatable bonds is 4. The van der Waals surface area contributed by atoms with Crippen molar-refractivity contribution in [1.82, 2.24) is 4.90 Å². The lowest BCUT2D eigenvalue weighted by molar-refractivity contribution is -0.138. The van der Waals surface area contributed by atoms with Crippen LogP contribution in [0.5, 0.6) is 0 Å². The molecule has 0 spiro atoms. The minimum Gasteiger partial charge on any atom is -0.481 e. The summed E-state index contributed by atoms with van der Waals surface area (Å²) >= 11 is 0. The zero-order chi connectivity index (χ0) is 15.6. The van der Waals surface area contributed by atoms with Crippen LogP contribution >= 0.6 is 0 Å². The summed E-state index contributed by atoms with van der Waals surface area (Å²) in [6, 6.07) is 7.48. The van der Waals surface area contributed by atoms with Gasteiger partial charge in [0.05, 0.1) is 17.9 Å². The van der Waals surface area contributed by atoms with E-state index in [0.717, 1.165) is 11.1 Å². The van der Waals surface area contributed by atoms with E-state index in [0.29, 0.717) is 6.54 Å². The van der Waals surface area contributed by atoms with Crippen LogP contribution in [0.15, 0.2) is 24.3 Å². The van der Waals surface area contributed by atoms with Gasteiger partial charge in [-0.3, -0.25) is 9.69 Å². The van der Waals surface area contributed by atoms with Crippen molar-refractivity contribution in [1.29, 1.82) is 0 Å². The first-order chi connectivity index (χ1) is 9.80. The van der Waals surface area contributed by atoms with Crippen molar-refractivity contribution in [2.24, 2.45) is 0 Å². The standard InChI is InChI=1S/C15H21NO4S/c1-11-5-3-4-6-14(11)12(2)16-7-8-21(19,20)10-13(16)9-15(17)18/h3-6,12-13H,7-10H2,1-2H3,(H,17,18). The number of hydrogen-bond acceptors (Lipinski definition) is 4. The largest absolute Gasteiger partial charge is 0.481 e. The van der Waals surface area contributed by atoms with E-state index in [9.17, 15) is 13.2 Å². The van der Waals surface area contributed by atoms with Crippen molar-refractivity contribution >= 4 is 15.8 Å². The molecule has 116 valence electrons. The number of carbonyl (C=O) groups is 1. The summed E-state index contributed by atoms with van der Waals surface area (Å²) in [4.78, 5) is 13.0. The van der Waals surface area contributed by atoms with E-state index < -0.39 is 21.8 Å². The van der Waals surface area contributed by atoms with Gasteiger partial charge in [-0.1, -0.05) is 24.3 Å². The fourth-order valence-electron chi connectivity index (χ4n) is 3.02. The van der Waals surface area contributed by atoms with E-state index in [2.05, 4.69) is 0 Å². The molecule has 1 N–H and O–H groups in total. The van der Waals surface area contributed by atoms with E-state index in [4.69, 9.17) is 5.11 Å². The molecule has 1 heterocycles. The number of aliphatic carboxylic acids is 1. The van der Waals surface area contributed by atoms with Crippen molar-refractivity contribution < 1.29 is 18.3 Å². The smallest absolute Gasteiger partial charge is 0.304 e. The SMILES string of the molecule is Cc1ccccc1C(C)N1CCS(=O)(=O)CC1CC(=O)O. The molecule has 0 saturated carbocycles. The minimum atomic E-state index is -3.14. The molecule has 21 heavy (non-hydrogen) atoms. The van der Waals surface area contributed by atoms with Crippen LogP contribution in [-0.4, -0.2) is 48.5 Å². The van der Waals surface area contributed by atoms with Crippen LogP contribution in [0, 0.1) is 6.92 Å². The Balaban J connectivity index is 2.27. The van der Waals surface area contributed by atoms with Crippen LogP contribution in [0.2, 0.25) is 0 Å². The van der Waals surface area contributed by atoms with E-state index in [1.54, 1.807) is 0 Å². The molecule has 2 atom stereocenters. The Bertz CT molecular complexity index is 626. The summed E-state index contributed by atoms with van der Waals surface area (Å²) < 4.78 is 23.6. The van der Waals surface area contributed by atoms with Gasteiger partial charge in [-0.25, -0.2) is 8.42 Å². The van der Waals surface area contributed by atoms with E-state index in [1.165, 1.54) is 0 Å². The van der Waals surface area contributed by atoms with Gasteiger partial charge in [0.1, 0.15) is 0 Å². The average molecular weight is 311 g/mol. The fourth-order valence-corrected chi connectivity index (χ4v) is 4.57. The molecule has 2 rings (SSSR count). The third kappa shape index (κ3) is 3.83. The number of hydrogen-bond donors (Lipinski definition) is 1. The van der Waals surface area contributed by atoms with Gasteiger partial charge in [0.15, 0.2) is 9.84 Å². The Morgan fingerprint density at radius 3 is 2.71 bits per heavy atom. The van der Waals surface area contributed by atoms with Gasteiger partial charge < -0.3 is 5.11 Å². The molecular weight excluding hydrogens is 290 g/mol. The predicted molar refractivity (Wildman–Crippen MR) is 81.0 cm³/mol. The summed E-state index contributed by atoms with van der Waals surface area (Å²) in [7, 11) is -3.14. The Kier molecular flexibility index (Phi) is 4.68. The summed E-state index contributed by atoms with van der Waals surface area (Å²) in [5, 5.41) is 9.04. The van der Waals surface area contributed by atoms with Gasteiger partial charge in [-0.05, 0) is 25.0 Å².